The lowest BCUT2D eigenvalue weighted by molar-refractivity contribution is -0.274. The maximum Gasteiger partial charge on any atom is 0.573 e. The monoisotopic (exact) mass is 450 g/mol. The molecule has 0 aliphatic heterocycles. The van der Waals surface area contributed by atoms with E-state index in [0.717, 1.165) is 0 Å². The second-order valence-electron chi connectivity index (χ2n) is 6.33. The number of carbonyl (C=O) groups excluding carboxylic acids is 2. The molecular weight excluding hydrogens is 433 g/mol. The zero-order valence-electron chi connectivity index (χ0n) is 16.1. The van der Waals surface area contributed by atoms with Gasteiger partial charge in [0.05, 0.1) is 12.1 Å². The summed E-state index contributed by atoms with van der Waals surface area (Å²) in [6.07, 6.45) is -4.72. The van der Waals surface area contributed by atoms with E-state index >= 15 is 0 Å². The Kier molecular flexibility index (Phi) is 6.75. The van der Waals surface area contributed by atoms with E-state index in [0.29, 0.717) is 27.9 Å². The van der Waals surface area contributed by atoms with Crippen molar-refractivity contribution < 1.29 is 27.5 Å². The van der Waals surface area contributed by atoms with E-state index in [4.69, 9.17) is 0 Å². The average Bonchev–Trinajstić information content (AvgIpc) is 3.08. The van der Waals surface area contributed by atoms with Crippen molar-refractivity contribution in [1.29, 1.82) is 0 Å². The summed E-state index contributed by atoms with van der Waals surface area (Å²) in [4.78, 5) is 27.7. The fourth-order valence-electron chi connectivity index (χ4n) is 2.56. The van der Waals surface area contributed by atoms with Crippen LogP contribution in [-0.2, 0) is 16.0 Å². The number of hydrogen-bond acceptors (Lipinski definition) is 6. The fourth-order valence-corrected chi connectivity index (χ4v) is 3.29. The third-order valence-electron chi connectivity index (χ3n) is 3.70. The molecule has 3 N–H and O–H groups in total. The summed E-state index contributed by atoms with van der Waals surface area (Å²) < 4.78 is 40.4. The van der Waals surface area contributed by atoms with Crippen LogP contribution >= 0.6 is 11.3 Å². The topological polar surface area (TPSA) is 92.4 Å². The Morgan fingerprint density at radius 1 is 1.03 bits per heavy atom. The van der Waals surface area contributed by atoms with Gasteiger partial charge in [-0.15, -0.1) is 24.5 Å². The molecule has 1 heterocycles. The highest BCUT2D eigenvalue weighted by atomic mass is 32.1. The van der Waals surface area contributed by atoms with Crippen molar-refractivity contribution in [2.45, 2.75) is 19.7 Å². The number of anilines is 4. The number of benzene rings is 2. The van der Waals surface area contributed by atoms with Crippen molar-refractivity contribution in [2.75, 3.05) is 16.0 Å². The Morgan fingerprint density at radius 3 is 2.35 bits per heavy atom. The average molecular weight is 450 g/mol. The van der Waals surface area contributed by atoms with Crippen LogP contribution in [0.15, 0.2) is 53.9 Å². The molecule has 0 spiro atoms. The number of hydrogen-bond donors (Lipinski definition) is 3. The minimum absolute atomic E-state index is 0.0287. The molecule has 0 radical (unpaired) electrons. The number of nitrogens with one attached hydrogen (secondary N) is 3. The first-order valence-corrected chi connectivity index (χ1v) is 9.79. The molecular formula is C20H17F3N4O3S. The van der Waals surface area contributed by atoms with Gasteiger partial charge in [0.15, 0.2) is 5.13 Å². The van der Waals surface area contributed by atoms with Gasteiger partial charge in [-0.05, 0) is 42.5 Å². The van der Waals surface area contributed by atoms with Gasteiger partial charge in [-0.2, -0.15) is 0 Å². The highest BCUT2D eigenvalue weighted by molar-refractivity contribution is 7.13. The van der Waals surface area contributed by atoms with Crippen LogP contribution < -0.4 is 20.7 Å². The molecule has 0 aliphatic rings. The summed E-state index contributed by atoms with van der Waals surface area (Å²) in [5.41, 5.74) is 2.15. The summed E-state index contributed by atoms with van der Waals surface area (Å²) in [5.74, 6) is -0.823. The van der Waals surface area contributed by atoms with Gasteiger partial charge in [0.1, 0.15) is 5.75 Å². The molecule has 1 aromatic heterocycles. The molecule has 2 amide bonds. The summed E-state index contributed by atoms with van der Waals surface area (Å²) in [7, 11) is 0. The van der Waals surface area contributed by atoms with Crippen molar-refractivity contribution in [3.63, 3.8) is 0 Å². The first-order chi connectivity index (χ1) is 14.7. The number of nitrogens with zero attached hydrogens (tertiary/aromatic N) is 1. The molecule has 3 aromatic rings. The molecule has 162 valence electrons. The van der Waals surface area contributed by atoms with Crippen LogP contribution in [0.25, 0.3) is 0 Å². The molecule has 0 unspecified atom stereocenters. The van der Waals surface area contributed by atoms with Crippen LogP contribution in [0, 0.1) is 0 Å². The van der Waals surface area contributed by atoms with Gasteiger partial charge in [0.25, 0.3) is 0 Å². The summed E-state index contributed by atoms with van der Waals surface area (Å²) in [6.45, 7) is 1.39. The van der Waals surface area contributed by atoms with E-state index < -0.39 is 6.36 Å². The number of ether oxygens (including phenoxy) is 1. The Hall–Kier alpha value is -3.60. The Labute approximate surface area is 179 Å². The summed E-state index contributed by atoms with van der Waals surface area (Å²) in [5, 5.41) is 10.5. The van der Waals surface area contributed by atoms with Gasteiger partial charge < -0.3 is 20.7 Å². The Balaban J connectivity index is 1.55. The van der Waals surface area contributed by atoms with Crippen LogP contribution in [-0.4, -0.2) is 23.2 Å². The van der Waals surface area contributed by atoms with E-state index in [9.17, 15) is 22.8 Å². The zero-order valence-corrected chi connectivity index (χ0v) is 16.9. The predicted molar refractivity (Wildman–Crippen MR) is 112 cm³/mol. The molecule has 2 aromatic carbocycles. The van der Waals surface area contributed by atoms with Crippen molar-refractivity contribution in [1.82, 2.24) is 4.98 Å². The van der Waals surface area contributed by atoms with Crippen molar-refractivity contribution in [3.05, 3.63) is 59.6 Å². The number of alkyl halides is 3. The van der Waals surface area contributed by atoms with Crippen LogP contribution in [0.5, 0.6) is 5.75 Å². The maximum absolute atomic E-state index is 12.3. The van der Waals surface area contributed by atoms with Crippen molar-refractivity contribution >= 4 is 45.3 Å². The van der Waals surface area contributed by atoms with Crippen LogP contribution in [0.3, 0.4) is 0 Å². The minimum Gasteiger partial charge on any atom is -0.406 e. The van der Waals surface area contributed by atoms with Gasteiger partial charge in [-0.3, -0.25) is 9.59 Å². The number of amides is 2. The van der Waals surface area contributed by atoms with E-state index in [2.05, 4.69) is 25.7 Å². The van der Waals surface area contributed by atoms with Gasteiger partial charge in [-0.25, -0.2) is 4.98 Å². The molecule has 0 fully saturated rings. The highest BCUT2D eigenvalue weighted by Gasteiger charge is 2.30. The summed E-state index contributed by atoms with van der Waals surface area (Å²) in [6, 6.07) is 12.0. The van der Waals surface area contributed by atoms with Gasteiger partial charge in [-0.1, -0.05) is 6.07 Å². The van der Waals surface area contributed by atoms with Crippen LogP contribution in [0.1, 0.15) is 12.6 Å². The maximum atomic E-state index is 12.3. The van der Waals surface area contributed by atoms with E-state index in [-0.39, 0.29) is 24.0 Å². The Morgan fingerprint density at radius 2 is 1.71 bits per heavy atom. The van der Waals surface area contributed by atoms with Gasteiger partial charge in [0, 0.05) is 29.4 Å². The first-order valence-electron chi connectivity index (χ1n) is 8.91. The molecule has 31 heavy (non-hydrogen) atoms. The van der Waals surface area contributed by atoms with Gasteiger partial charge in [0.2, 0.25) is 11.8 Å². The molecule has 7 nitrogen and oxygen atoms in total. The number of carbonyl (C=O) groups is 2. The van der Waals surface area contributed by atoms with E-state index in [1.807, 2.05) is 0 Å². The highest BCUT2D eigenvalue weighted by Crippen LogP contribution is 2.26. The number of thiazole rings is 1. The largest absolute Gasteiger partial charge is 0.573 e. The lowest BCUT2D eigenvalue weighted by Gasteiger charge is -2.09. The standard InChI is InChI=1S/C20H17F3N4O3S/c1-12(28)24-14-3-2-4-15(9-14)25-18(29)10-16-11-31-19(27-16)26-13-5-7-17(8-6-13)30-20(21,22)23/h2-9,11H,10H2,1H3,(H,24,28)(H,25,29)(H,26,27). The third-order valence-corrected chi connectivity index (χ3v) is 4.51. The SMILES string of the molecule is CC(=O)Nc1cccc(NC(=O)Cc2csc(Nc3ccc(OC(F)(F)F)cc3)n2)c1. The Bertz CT molecular complexity index is 1070. The third kappa shape index (κ3) is 7.30. The van der Waals surface area contributed by atoms with Gasteiger partial charge >= 0.3 is 6.36 Å². The molecule has 0 saturated heterocycles. The molecule has 0 atom stereocenters. The lowest BCUT2D eigenvalue weighted by Crippen LogP contribution is -2.16. The van der Waals surface area contributed by atoms with E-state index in [1.165, 1.54) is 42.5 Å². The lowest BCUT2D eigenvalue weighted by atomic mass is 10.2. The number of rotatable bonds is 7. The first kappa shape index (κ1) is 22.1. The fraction of sp³-hybridized carbons (Fsp3) is 0.150. The molecule has 0 bridgehead atoms. The van der Waals surface area contributed by atoms with Crippen LogP contribution in [0.2, 0.25) is 0 Å². The van der Waals surface area contributed by atoms with Crippen LogP contribution in [0.4, 0.5) is 35.4 Å². The number of aromatic nitrogens is 1. The van der Waals surface area contributed by atoms with Crippen molar-refractivity contribution in [2.24, 2.45) is 0 Å². The van der Waals surface area contributed by atoms with E-state index in [1.54, 1.807) is 29.6 Å². The quantitative estimate of drug-likeness (QED) is 0.475. The zero-order chi connectivity index (χ0) is 22.4. The number of halogens is 3. The summed E-state index contributed by atoms with van der Waals surface area (Å²) >= 11 is 1.26. The predicted octanol–water partition coefficient (Wildman–Crippen LogP) is 4.92. The molecule has 11 heteroatoms. The molecule has 0 aliphatic carbocycles. The van der Waals surface area contributed by atoms with Crippen molar-refractivity contribution in [3.8, 4) is 5.75 Å². The molecule has 0 saturated carbocycles. The minimum atomic E-state index is -4.75. The second-order valence-corrected chi connectivity index (χ2v) is 7.19. The molecule has 3 rings (SSSR count). The normalized spacial score (nSPS) is 11.0. The smallest absolute Gasteiger partial charge is 0.406 e. The second kappa shape index (κ2) is 9.47.